The first-order valence-electron chi connectivity index (χ1n) is 7.69. The maximum absolute atomic E-state index is 4.68. The number of fused-ring (bicyclic) bond motifs is 1. The third-order valence-electron chi connectivity index (χ3n) is 4.62. The number of piperidine rings is 1. The lowest BCUT2D eigenvalue weighted by atomic mass is 10.0. The van der Waals surface area contributed by atoms with Gasteiger partial charge >= 0.3 is 0 Å². The molecule has 0 saturated carbocycles. The lowest BCUT2D eigenvalue weighted by molar-refractivity contribution is 0.215. The van der Waals surface area contributed by atoms with Crippen molar-refractivity contribution in [3.8, 4) is 0 Å². The first kappa shape index (κ1) is 12.1. The summed E-state index contributed by atoms with van der Waals surface area (Å²) >= 11 is 0. The van der Waals surface area contributed by atoms with Crippen molar-refractivity contribution < 1.29 is 0 Å². The third kappa shape index (κ3) is 2.16. The lowest BCUT2D eigenvalue weighted by Crippen LogP contribution is -2.47. The van der Waals surface area contributed by atoms with Gasteiger partial charge in [-0.05, 0) is 50.9 Å². The maximum atomic E-state index is 4.68. The van der Waals surface area contributed by atoms with E-state index in [0.29, 0.717) is 6.04 Å². The summed E-state index contributed by atoms with van der Waals surface area (Å²) in [5, 5.41) is 4.68. The third-order valence-corrected chi connectivity index (χ3v) is 4.62. The van der Waals surface area contributed by atoms with Gasteiger partial charge in [-0.25, -0.2) is 9.50 Å². The Bertz CT molecular complexity index is 587. The topological polar surface area (TPSA) is 36.7 Å². The van der Waals surface area contributed by atoms with Crippen LogP contribution in [0.1, 0.15) is 25.7 Å². The highest BCUT2D eigenvalue weighted by atomic mass is 15.3. The number of likely N-dealkylation sites (tertiary alicyclic amines) is 1. The minimum Gasteiger partial charge on any atom is -0.354 e. The molecule has 0 radical (unpaired) electrons. The Morgan fingerprint density at radius 1 is 1.05 bits per heavy atom. The van der Waals surface area contributed by atoms with Crippen LogP contribution in [0.25, 0.3) is 5.65 Å². The summed E-state index contributed by atoms with van der Waals surface area (Å²) in [4.78, 5) is 9.36. The van der Waals surface area contributed by atoms with Crippen molar-refractivity contribution in [2.75, 3.05) is 31.1 Å². The quantitative estimate of drug-likeness (QED) is 0.834. The summed E-state index contributed by atoms with van der Waals surface area (Å²) in [6.45, 7) is 4.81. The van der Waals surface area contributed by atoms with Crippen molar-refractivity contribution in [3.05, 3.63) is 24.5 Å². The van der Waals surface area contributed by atoms with Crippen molar-refractivity contribution in [3.63, 3.8) is 0 Å². The number of nitrogens with zero attached hydrogens (tertiary/aromatic N) is 5. The summed E-state index contributed by atoms with van der Waals surface area (Å²) in [5.74, 6) is 1.08. The van der Waals surface area contributed by atoms with Crippen LogP contribution in [0, 0.1) is 0 Å². The van der Waals surface area contributed by atoms with Crippen LogP contribution in [-0.4, -0.2) is 51.7 Å². The molecule has 4 rings (SSSR count). The molecule has 20 heavy (non-hydrogen) atoms. The first-order valence-corrected chi connectivity index (χ1v) is 7.69. The van der Waals surface area contributed by atoms with E-state index >= 15 is 0 Å². The van der Waals surface area contributed by atoms with Crippen molar-refractivity contribution in [2.24, 2.45) is 0 Å². The van der Waals surface area contributed by atoms with Gasteiger partial charge in [-0.2, -0.15) is 0 Å². The Morgan fingerprint density at radius 2 is 1.95 bits per heavy atom. The normalized spacial score (nSPS) is 24.6. The Balaban J connectivity index is 1.54. The number of aromatic nitrogens is 3. The van der Waals surface area contributed by atoms with Crippen LogP contribution >= 0.6 is 0 Å². The molecule has 2 fully saturated rings. The van der Waals surface area contributed by atoms with Gasteiger partial charge in [0.15, 0.2) is 5.65 Å². The van der Waals surface area contributed by atoms with E-state index in [1.807, 2.05) is 10.7 Å². The fraction of sp³-hybridized carbons (Fsp3) is 0.600. The number of rotatable bonds is 2. The molecule has 2 aromatic rings. The first-order chi connectivity index (χ1) is 9.90. The standard InChI is InChI=1S/C15H21N5/c1-2-9-18(8-1)13-4-3-10-19(12-13)15-6-5-14-16-7-11-20(14)17-15/h5-7,11,13H,1-4,8-10,12H2/t13-/m0/s1. The molecule has 2 aliphatic rings. The summed E-state index contributed by atoms with van der Waals surface area (Å²) < 4.78 is 1.87. The van der Waals surface area contributed by atoms with Crippen molar-refractivity contribution in [1.29, 1.82) is 0 Å². The highest BCUT2D eigenvalue weighted by molar-refractivity contribution is 5.46. The highest BCUT2D eigenvalue weighted by Gasteiger charge is 2.27. The van der Waals surface area contributed by atoms with Crippen LogP contribution in [0.5, 0.6) is 0 Å². The van der Waals surface area contributed by atoms with Crippen LogP contribution in [0.3, 0.4) is 0 Å². The van der Waals surface area contributed by atoms with E-state index in [-0.39, 0.29) is 0 Å². The van der Waals surface area contributed by atoms with Crippen LogP contribution in [-0.2, 0) is 0 Å². The monoisotopic (exact) mass is 271 g/mol. The average molecular weight is 271 g/mol. The number of hydrogen-bond acceptors (Lipinski definition) is 4. The maximum Gasteiger partial charge on any atom is 0.153 e. The predicted molar refractivity (Wildman–Crippen MR) is 79.0 cm³/mol. The van der Waals surface area contributed by atoms with E-state index < -0.39 is 0 Å². The Labute approximate surface area is 119 Å². The summed E-state index contributed by atoms with van der Waals surface area (Å²) in [6.07, 6.45) is 9.07. The van der Waals surface area contributed by atoms with E-state index in [2.05, 4.69) is 32.0 Å². The average Bonchev–Trinajstić information content (AvgIpc) is 3.18. The second-order valence-electron chi connectivity index (χ2n) is 5.91. The Hall–Kier alpha value is -1.62. The van der Waals surface area contributed by atoms with Crippen LogP contribution < -0.4 is 4.90 Å². The van der Waals surface area contributed by atoms with Crippen LogP contribution in [0.15, 0.2) is 24.5 Å². The number of hydrogen-bond donors (Lipinski definition) is 0. The van der Waals surface area contributed by atoms with E-state index in [4.69, 9.17) is 0 Å². The molecule has 106 valence electrons. The molecule has 4 heterocycles. The highest BCUT2D eigenvalue weighted by Crippen LogP contribution is 2.23. The summed E-state index contributed by atoms with van der Waals surface area (Å²) in [7, 11) is 0. The number of imidazole rings is 1. The lowest BCUT2D eigenvalue weighted by Gasteiger charge is -2.38. The molecule has 0 amide bonds. The van der Waals surface area contributed by atoms with E-state index in [0.717, 1.165) is 24.6 Å². The van der Waals surface area contributed by atoms with Gasteiger partial charge in [0.1, 0.15) is 5.82 Å². The molecule has 0 aromatic carbocycles. The molecule has 1 atom stereocenters. The molecule has 2 saturated heterocycles. The minimum absolute atomic E-state index is 0.714. The molecule has 0 unspecified atom stereocenters. The molecule has 5 heteroatoms. The molecular weight excluding hydrogens is 250 g/mol. The molecule has 5 nitrogen and oxygen atoms in total. The van der Waals surface area contributed by atoms with Gasteiger partial charge in [0.05, 0.1) is 0 Å². The molecule has 0 bridgehead atoms. The summed E-state index contributed by atoms with van der Waals surface area (Å²) in [5.41, 5.74) is 0.918. The molecule has 0 N–H and O–H groups in total. The fourth-order valence-electron chi connectivity index (χ4n) is 3.54. The second-order valence-corrected chi connectivity index (χ2v) is 5.91. The SMILES string of the molecule is c1cn2nc(N3CCC[C@H](N4CCCC4)C3)ccc2n1. The van der Waals surface area contributed by atoms with Crippen molar-refractivity contribution >= 4 is 11.5 Å². The molecule has 2 aliphatic heterocycles. The molecule has 0 spiro atoms. The van der Waals surface area contributed by atoms with E-state index in [1.54, 1.807) is 6.20 Å². The molecule has 2 aromatic heterocycles. The van der Waals surface area contributed by atoms with Gasteiger partial charge in [0.2, 0.25) is 0 Å². The van der Waals surface area contributed by atoms with Gasteiger partial charge < -0.3 is 4.90 Å². The van der Waals surface area contributed by atoms with Gasteiger partial charge in [-0.1, -0.05) is 0 Å². The molecule has 0 aliphatic carbocycles. The zero-order chi connectivity index (χ0) is 13.4. The van der Waals surface area contributed by atoms with Gasteiger partial charge in [0, 0.05) is 31.5 Å². The van der Waals surface area contributed by atoms with Crippen molar-refractivity contribution in [1.82, 2.24) is 19.5 Å². The largest absolute Gasteiger partial charge is 0.354 e. The summed E-state index contributed by atoms with van der Waals surface area (Å²) in [6, 6.07) is 4.88. The zero-order valence-corrected chi connectivity index (χ0v) is 11.8. The fourth-order valence-corrected chi connectivity index (χ4v) is 3.54. The Morgan fingerprint density at radius 3 is 2.85 bits per heavy atom. The molecular formula is C15H21N5. The van der Waals surface area contributed by atoms with Crippen LogP contribution in [0.2, 0.25) is 0 Å². The van der Waals surface area contributed by atoms with Crippen LogP contribution in [0.4, 0.5) is 5.82 Å². The predicted octanol–water partition coefficient (Wildman–Crippen LogP) is 1.79. The smallest absolute Gasteiger partial charge is 0.153 e. The number of anilines is 1. The van der Waals surface area contributed by atoms with E-state index in [9.17, 15) is 0 Å². The van der Waals surface area contributed by atoms with Gasteiger partial charge in [-0.15, -0.1) is 5.10 Å². The van der Waals surface area contributed by atoms with Crippen molar-refractivity contribution in [2.45, 2.75) is 31.7 Å². The van der Waals surface area contributed by atoms with Gasteiger partial charge in [-0.3, -0.25) is 4.90 Å². The minimum atomic E-state index is 0.714. The Kier molecular flexibility index (Phi) is 3.07. The van der Waals surface area contributed by atoms with E-state index in [1.165, 1.54) is 38.8 Å². The zero-order valence-electron chi connectivity index (χ0n) is 11.8. The van der Waals surface area contributed by atoms with Gasteiger partial charge in [0.25, 0.3) is 0 Å². The second kappa shape index (κ2) is 5.05.